The van der Waals surface area contributed by atoms with Gasteiger partial charge in [-0.25, -0.2) is 16.8 Å². The van der Waals surface area contributed by atoms with E-state index in [0.29, 0.717) is 6.54 Å². The Balaban J connectivity index is 1.81. The fraction of sp³-hybridized carbons (Fsp3) is 0.500. The fourth-order valence-corrected chi connectivity index (χ4v) is 9.11. The van der Waals surface area contributed by atoms with Gasteiger partial charge >= 0.3 is 0 Å². The van der Waals surface area contributed by atoms with Crippen molar-refractivity contribution in [2.75, 3.05) is 32.1 Å². The molecule has 1 unspecified atom stereocenters. The molecule has 3 heterocycles. The maximum atomic E-state index is 12.9. The van der Waals surface area contributed by atoms with Crippen LogP contribution in [0.4, 0.5) is 0 Å². The topological polar surface area (TPSA) is 96.7 Å². The highest BCUT2D eigenvalue weighted by atomic mass is 32.2. The Morgan fingerprint density at radius 2 is 2.08 bits per heavy atom. The van der Waals surface area contributed by atoms with Crippen molar-refractivity contribution in [3.63, 3.8) is 0 Å². The summed E-state index contributed by atoms with van der Waals surface area (Å²) in [6.07, 6.45) is 1.58. The minimum Gasteiger partial charge on any atom is -0.468 e. The standard InChI is InChI=1S/C16H22N2O5S3/c1-18(2)13(14-5-3-7-23-14)9-17-12-10-25(19,20)11-15(12)26(21,22)16-6-4-8-24-16/h3-8,12-13,15,17H,9-11H2,1-2H3/t12-,13?,15-/m0/s1. The molecule has 1 aliphatic rings. The Labute approximate surface area is 157 Å². The van der Waals surface area contributed by atoms with Crippen LogP contribution in [0.2, 0.25) is 0 Å². The van der Waals surface area contributed by atoms with E-state index in [0.717, 1.165) is 17.1 Å². The minimum absolute atomic E-state index is 0.126. The van der Waals surface area contributed by atoms with Crippen LogP contribution in [0.1, 0.15) is 11.8 Å². The van der Waals surface area contributed by atoms with E-state index in [4.69, 9.17) is 4.42 Å². The van der Waals surface area contributed by atoms with E-state index in [1.54, 1.807) is 23.8 Å². The van der Waals surface area contributed by atoms with Gasteiger partial charge in [-0.1, -0.05) is 6.07 Å². The molecule has 1 aliphatic heterocycles. The van der Waals surface area contributed by atoms with E-state index in [9.17, 15) is 16.8 Å². The maximum Gasteiger partial charge on any atom is 0.193 e. The summed E-state index contributed by atoms with van der Waals surface area (Å²) in [5.74, 6) is 0.208. The highest BCUT2D eigenvalue weighted by molar-refractivity contribution is 7.97. The molecule has 0 bridgehead atoms. The van der Waals surface area contributed by atoms with Gasteiger partial charge in [0.05, 0.1) is 29.1 Å². The third kappa shape index (κ3) is 4.04. The summed E-state index contributed by atoms with van der Waals surface area (Å²) in [4.78, 5) is 1.94. The SMILES string of the molecule is CN(C)C(CN[C@H]1CS(=O)(=O)C[C@@H]1S(=O)(=O)c1cccs1)c1ccco1. The van der Waals surface area contributed by atoms with Gasteiger partial charge in [0.15, 0.2) is 19.7 Å². The molecule has 10 heteroatoms. The minimum atomic E-state index is -3.70. The molecule has 144 valence electrons. The number of furan rings is 1. The van der Waals surface area contributed by atoms with Crippen LogP contribution in [0, 0.1) is 0 Å². The lowest BCUT2D eigenvalue weighted by atomic mass is 10.2. The highest BCUT2D eigenvalue weighted by Crippen LogP contribution is 2.29. The summed E-state index contributed by atoms with van der Waals surface area (Å²) in [5, 5.41) is 3.87. The van der Waals surface area contributed by atoms with Crippen molar-refractivity contribution in [2.24, 2.45) is 0 Å². The third-order valence-corrected chi connectivity index (χ3v) is 10.1. The maximum absolute atomic E-state index is 12.9. The molecule has 0 aromatic carbocycles. The molecule has 0 amide bonds. The molecule has 0 saturated carbocycles. The van der Waals surface area contributed by atoms with Crippen molar-refractivity contribution in [1.29, 1.82) is 0 Å². The Hall–Kier alpha value is -1.20. The number of likely N-dealkylation sites (N-methyl/N-ethyl adjacent to an activating group) is 1. The lowest BCUT2D eigenvalue weighted by Gasteiger charge is -2.26. The van der Waals surface area contributed by atoms with Crippen molar-refractivity contribution in [1.82, 2.24) is 10.2 Å². The van der Waals surface area contributed by atoms with Crippen LogP contribution < -0.4 is 5.32 Å². The highest BCUT2D eigenvalue weighted by Gasteiger charge is 2.46. The monoisotopic (exact) mass is 418 g/mol. The van der Waals surface area contributed by atoms with Gasteiger partial charge in [-0.15, -0.1) is 11.3 Å². The van der Waals surface area contributed by atoms with Crippen LogP contribution in [0.25, 0.3) is 0 Å². The summed E-state index contributed by atoms with van der Waals surface area (Å²) in [5.41, 5.74) is 0. The normalized spacial score (nSPS) is 24.1. The van der Waals surface area contributed by atoms with Gasteiger partial charge in [-0.2, -0.15) is 0 Å². The number of thiophene rings is 1. The molecule has 0 spiro atoms. The number of hydrogen-bond acceptors (Lipinski definition) is 8. The molecule has 26 heavy (non-hydrogen) atoms. The first-order valence-electron chi connectivity index (χ1n) is 8.12. The van der Waals surface area contributed by atoms with E-state index in [1.165, 1.54) is 6.07 Å². The van der Waals surface area contributed by atoms with E-state index >= 15 is 0 Å². The van der Waals surface area contributed by atoms with Crippen molar-refractivity contribution in [2.45, 2.75) is 21.5 Å². The van der Waals surface area contributed by atoms with Crippen LogP contribution in [-0.4, -0.2) is 65.2 Å². The van der Waals surface area contributed by atoms with E-state index in [2.05, 4.69) is 5.32 Å². The largest absolute Gasteiger partial charge is 0.468 e. The summed E-state index contributed by atoms with van der Waals surface area (Å²) in [7, 11) is -3.33. The first-order valence-corrected chi connectivity index (χ1v) is 12.4. The van der Waals surface area contributed by atoms with Crippen LogP contribution in [0.15, 0.2) is 44.5 Å². The molecule has 1 N–H and O–H groups in total. The molecule has 7 nitrogen and oxygen atoms in total. The van der Waals surface area contributed by atoms with Crippen LogP contribution in [0.5, 0.6) is 0 Å². The molecule has 2 aromatic heterocycles. The van der Waals surface area contributed by atoms with E-state index in [-0.39, 0.29) is 21.8 Å². The molecule has 2 aromatic rings. The number of nitrogens with zero attached hydrogens (tertiary/aromatic N) is 1. The first-order chi connectivity index (χ1) is 12.2. The Bertz CT molecular complexity index is 919. The zero-order chi connectivity index (χ0) is 18.9. The summed E-state index contributed by atoms with van der Waals surface area (Å²) in [6, 6.07) is 6.03. The first kappa shape index (κ1) is 19.6. The zero-order valence-electron chi connectivity index (χ0n) is 14.5. The van der Waals surface area contributed by atoms with Crippen molar-refractivity contribution < 1.29 is 21.3 Å². The molecule has 3 rings (SSSR count). The van der Waals surface area contributed by atoms with E-state index in [1.807, 2.05) is 25.1 Å². The van der Waals surface area contributed by atoms with Crippen LogP contribution in [0.3, 0.4) is 0 Å². The molecule has 0 aliphatic carbocycles. The van der Waals surface area contributed by atoms with Crippen LogP contribution >= 0.6 is 11.3 Å². The predicted octanol–water partition coefficient (Wildman–Crippen LogP) is 1.17. The number of rotatable bonds is 7. The fourth-order valence-electron chi connectivity index (χ4n) is 3.17. The second-order valence-corrected chi connectivity index (χ2v) is 12.1. The molecular formula is C16H22N2O5S3. The van der Waals surface area contributed by atoms with Gasteiger partial charge < -0.3 is 9.73 Å². The summed E-state index contributed by atoms with van der Waals surface area (Å²) < 4.78 is 55.7. The average Bonchev–Trinajstić information content (AvgIpc) is 3.27. The Kier molecular flexibility index (Phi) is 5.59. The second kappa shape index (κ2) is 7.43. The molecule has 1 fully saturated rings. The van der Waals surface area contributed by atoms with Crippen molar-refractivity contribution in [3.8, 4) is 0 Å². The second-order valence-electron chi connectivity index (χ2n) is 6.60. The van der Waals surface area contributed by atoms with Gasteiger partial charge in [0.25, 0.3) is 0 Å². The number of sulfone groups is 2. The lowest BCUT2D eigenvalue weighted by Crippen LogP contribution is -2.46. The average molecular weight is 419 g/mol. The third-order valence-electron chi connectivity index (χ3n) is 4.54. The lowest BCUT2D eigenvalue weighted by molar-refractivity contribution is 0.245. The van der Waals surface area contributed by atoms with Gasteiger partial charge in [0, 0.05) is 12.6 Å². The van der Waals surface area contributed by atoms with Gasteiger partial charge in [-0.3, -0.25) is 4.90 Å². The predicted molar refractivity (Wildman–Crippen MR) is 101 cm³/mol. The molecule has 3 atom stereocenters. The quantitative estimate of drug-likeness (QED) is 0.721. The van der Waals surface area contributed by atoms with Crippen LogP contribution in [-0.2, 0) is 19.7 Å². The Morgan fingerprint density at radius 3 is 2.65 bits per heavy atom. The molecular weight excluding hydrogens is 396 g/mol. The molecule has 0 radical (unpaired) electrons. The summed E-state index contributed by atoms with van der Waals surface area (Å²) >= 11 is 1.11. The number of nitrogens with one attached hydrogen (secondary N) is 1. The number of hydrogen-bond donors (Lipinski definition) is 1. The van der Waals surface area contributed by atoms with Gasteiger partial charge in [0.1, 0.15) is 9.97 Å². The smallest absolute Gasteiger partial charge is 0.193 e. The zero-order valence-corrected chi connectivity index (χ0v) is 17.0. The summed E-state index contributed by atoms with van der Waals surface area (Å²) in [6.45, 7) is 0.386. The Morgan fingerprint density at radius 1 is 1.31 bits per heavy atom. The van der Waals surface area contributed by atoms with Gasteiger partial charge in [0.2, 0.25) is 0 Å². The van der Waals surface area contributed by atoms with Gasteiger partial charge in [-0.05, 0) is 37.7 Å². The molecule has 1 saturated heterocycles. The van der Waals surface area contributed by atoms with E-state index < -0.39 is 31.0 Å². The van der Waals surface area contributed by atoms with Crippen molar-refractivity contribution in [3.05, 3.63) is 41.7 Å². The van der Waals surface area contributed by atoms with Crippen molar-refractivity contribution >= 4 is 31.0 Å².